The first-order chi connectivity index (χ1) is 8.65. The Morgan fingerprint density at radius 1 is 1.56 bits per heavy atom. The predicted molar refractivity (Wildman–Crippen MR) is 81.2 cm³/mol. The van der Waals surface area contributed by atoms with Crippen molar-refractivity contribution in [1.82, 2.24) is 4.98 Å². The van der Waals surface area contributed by atoms with Gasteiger partial charge in [-0.3, -0.25) is 4.98 Å². The Morgan fingerprint density at radius 2 is 2.39 bits per heavy atom. The van der Waals surface area contributed by atoms with Crippen LogP contribution in [0.25, 0.3) is 0 Å². The van der Waals surface area contributed by atoms with Crippen molar-refractivity contribution in [3.8, 4) is 0 Å². The molecule has 0 aliphatic carbocycles. The first-order valence-electron chi connectivity index (χ1n) is 5.70. The summed E-state index contributed by atoms with van der Waals surface area (Å²) in [4.78, 5) is 5.82. The number of hydrogen-bond acceptors (Lipinski definition) is 4. The Labute approximate surface area is 116 Å². The van der Waals surface area contributed by atoms with Gasteiger partial charge in [0.2, 0.25) is 0 Å². The monoisotopic (exact) mass is 277 g/mol. The van der Waals surface area contributed by atoms with Crippen LogP contribution < -0.4 is 11.1 Å². The van der Waals surface area contributed by atoms with Crippen LogP contribution >= 0.6 is 23.6 Å². The fourth-order valence-corrected chi connectivity index (χ4v) is 2.67. The average Bonchev–Trinajstić information content (AvgIpc) is 2.82. The zero-order chi connectivity index (χ0) is 13.0. The maximum atomic E-state index is 5.57. The van der Waals surface area contributed by atoms with E-state index in [1.54, 1.807) is 17.5 Å². The number of anilines is 1. The number of aromatic nitrogens is 1. The molecule has 0 radical (unpaired) electrons. The highest BCUT2D eigenvalue weighted by Crippen LogP contribution is 2.15. The van der Waals surface area contributed by atoms with E-state index in [1.165, 1.54) is 4.88 Å². The maximum Gasteiger partial charge on any atom is 0.122 e. The number of nitrogens with two attached hydrogens (primary N) is 1. The number of pyridine rings is 1. The van der Waals surface area contributed by atoms with Gasteiger partial charge in [-0.05, 0) is 30.5 Å². The Kier molecular flexibility index (Phi) is 4.28. The smallest absolute Gasteiger partial charge is 0.122 e. The summed E-state index contributed by atoms with van der Waals surface area (Å²) in [5.41, 5.74) is 7.21. The third kappa shape index (κ3) is 3.51. The molecule has 0 aliphatic heterocycles. The van der Waals surface area contributed by atoms with Crippen LogP contribution in [0.5, 0.6) is 0 Å². The molecule has 94 valence electrons. The van der Waals surface area contributed by atoms with Gasteiger partial charge in [0, 0.05) is 29.2 Å². The topological polar surface area (TPSA) is 50.9 Å². The van der Waals surface area contributed by atoms with E-state index in [9.17, 15) is 0 Å². The molecule has 2 aromatic heterocycles. The first-order valence-corrected chi connectivity index (χ1v) is 6.98. The zero-order valence-corrected chi connectivity index (χ0v) is 11.7. The Morgan fingerprint density at radius 3 is 3.06 bits per heavy atom. The van der Waals surface area contributed by atoms with E-state index in [0.717, 1.165) is 12.1 Å². The van der Waals surface area contributed by atoms with Crippen molar-refractivity contribution in [1.29, 1.82) is 0 Å². The number of hydrogen-bond donors (Lipinski definition) is 2. The minimum absolute atomic E-state index is 0.324. The van der Waals surface area contributed by atoms with Crippen molar-refractivity contribution in [2.45, 2.75) is 19.4 Å². The summed E-state index contributed by atoms with van der Waals surface area (Å²) >= 11 is 6.69. The molecule has 0 bridgehead atoms. The van der Waals surface area contributed by atoms with E-state index in [0.29, 0.717) is 16.7 Å². The molecule has 2 aromatic rings. The van der Waals surface area contributed by atoms with Crippen molar-refractivity contribution >= 4 is 34.2 Å². The summed E-state index contributed by atoms with van der Waals surface area (Å²) in [6, 6.07) is 8.38. The second-order valence-electron chi connectivity index (χ2n) is 4.12. The van der Waals surface area contributed by atoms with E-state index in [-0.39, 0.29) is 0 Å². The lowest BCUT2D eigenvalue weighted by Crippen LogP contribution is -2.18. The highest BCUT2D eigenvalue weighted by molar-refractivity contribution is 7.80. The molecule has 3 nitrogen and oxygen atoms in total. The van der Waals surface area contributed by atoms with Gasteiger partial charge in [0.1, 0.15) is 4.99 Å². The van der Waals surface area contributed by atoms with E-state index in [1.807, 2.05) is 12.1 Å². The van der Waals surface area contributed by atoms with Crippen molar-refractivity contribution in [2.24, 2.45) is 5.73 Å². The molecule has 0 fully saturated rings. The van der Waals surface area contributed by atoms with Gasteiger partial charge < -0.3 is 11.1 Å². The molecule has 3 N–H and O–H groups in total. The lowest BCUT2D eigenvalue weighted by molar-refractivity contribution is 0.800. The Hall–Kier alpha value is -1.46. The normalized spacial score (nSPS) is 12.1. The van der Waals surface area contributed by atoms with Crippen LogP contribution in [-0.2, 0) is 6.42 Å². The molecular weight excluding hydrogens is 262 g/mol. The van der Waals surface area contributed by atoms with Gasteiger partial charge in [0.05, 0.1) is 5.69 Å². The van der Waals surface area contributed by atoms with Gasteiger partial charge in [-0.2, -0.15) is 0 Å². The first kappa shape index (κ1) is 13.0. The molecule has 5 heteroatoms. The van der Waals surface area contributed by atoms with Crippen LogP contribution in [0.15, 0.2) is 35.8 Å². The summed E-state index contributed by atoms with van der Waals surface area (Å²) in [5, 5.41) is 5.52. The minimum Gasteiger partial charge on any atom is -0.388 e. The van der Waals surface area contributed by atoms with Crippen molar-refractivity contribution in [3.63, 3.8) is 0 Å². The van der Waals surface area contributed by atoms with Crippen LogP contribution in [0.2, 0.25) is 0 Å². The molecule has 1 atom stereocenters. The number of nitrogens with zero attached hydrogens (tertiary/aromatic N) is 1. The average molecular weight is 277 g/mol. The number of thiophene rings is 1. The quantitative estimate of drug-likeness (QED) is 0.825. The molecule has 18 heavy (non-hydrogen) atoms. The predicted octanol–water partition coefficient (Wildman–Crippen LogP) is 2.82. The fraction of sp³-hybridized carbons (Fsp3) is 0.231. The Bertz CT molecular complexity index is 523. The lowest BCUT2D eigenvalue weighted by Gasteiger charge is -2.14. The third-order valence-corrected chi connectivity index (χ3v) is 3.62. The molecule has 0 amide bonds. The molecule has 0 aromatic carbocycles. The van der Waals surface area contributed by atoms with Gasteiger partial charge in [-0.1, -0.05) is 18.3 Å². The van der Waals surface area contributed by atoms with Crippen molar-refractivity contribution in [3.05, 3.63) is 46.4 Å². The van der Waals surface area contributed by atoms with Crippen molar-refractivity contribution < 1.29 is 0 Å². The largest absolute Gasteiger partial charge is 0.388 e. The van der Waals surface area contributed by atoms with Crippen LogP contribution in [0.1, 0.15) is 17.5 Å². The third-order valence-electron chi connectivity index (χ3n) is 2.51. The highest BCUT2D eigenvalue weighted by Gasteiger charge is 2.06. The number of rotatable bonds is 5. The summed E-state index contributed by atoms with van der Waals surface area (Å²) in [5.74, 6) is 0. The van der Waals surface area contributed by atoms with Gasteiger partial charge >= 0.3 is 0 Å². The molecule has 0 spiro atoms. The summed E-state index contributed by atoms with van der Waals surface area (Å²) in [7, 11) is 0. The SMILES string of the molecule is CC(Cc1cccs1)Nc1ccnc(C(N)=S)c1. The second kappa shape index (κ2) is 5.93. The molecule has 2 heterocycles. The van der Waals surface area contributed by atoms with E-state index < -0.39 is 0 Å². The molecule has 2 rings (SSSR count). The molecule has 0 aliphatic rings. The molecular formula is C13H15N3S2. The summed E-state index contributed by atoms with van der Waals surface area (Å²) in [6.45, 7) is 2.15. The van der Waals surface area contributed by atoms with E-state index in [2.05, 4.69) is 34.7 Å². The fourth-order valence-electron chi connectivity index (χ4n) is 1.72. The van der Waals surface area contributed by atoms with Crippen LogP contribution in [0.4, 0.5) is 5.69 Å². The van der Waals surface area contributed by atoms with Gasteiger partial charge in [-0.25, -0.2) is 0 Å². The molecule has 0 saturated carbocycles. The summed E-state index contributed by atoms with van der Waals surface area (Å²) < 4.78 is 0. The highest BCUT2D eigenvalue weighted by atomic mass is 32.1. The van der Waals surface area contributed by atoms with E-state index >= 15 is 0 Å². The molecule has 0 saturated heterocycles. The van der Waals surface area contributed by atoms with Crippen molar-refractivity contribution in [2.75, 3.05) is 5.32 Å². The van der Waals surface area contributed by atoms with Crippen LogP contribution in [0.3, 0.4) is 0 Å². The summed E-state index contributed by atoms with van der Waals surface area (Å²) in [6.07, 6.45) is 2.72. The molecule has 1 unspecified atom stereocenters. The Balaban J connectivity index is 2.00. The van der Waals surface area contributed by atoms with Gasteiger partial charge in [-0.15, -0.1) is 11.3 Å². The second-order valence-corrected chi connectivity index (χ2v) is 5.59. The zero-order valence-electron chi connectivity index (χ0n) is 10.1. The maximum absolute atomic E-state index is 5.57. The van der Waals surface area contributed by atoms with Gasteiger partial charge in [0.15, 0.2) is 0 Å². The van der Waals surface area contributed by atoms with E-state index in [4.69, 9.17) is 18.0 Å². The number of nitrogens with one attached hydrogen (secondary N) is 1. The van der Waals surface area contributed by atoms with Gasteiger partial charge in [0.25, 0.3) is 0 Å². The van der Waals surface area contributed by atoms with Crippen LogP contribution in [0, 0.1) is 0 Å². The lowest BCUT2D eigenvalue weighted by atomic mass is 10.2. The van der Waals surface area contributed by atoms with Crippen LogP contribution in [-0.4, -0.2) is 16.0 Å². The number of thiocarbonyl (C=S) groups is 1. The standard InChI is InChI=1S/C13H15N3S2/c1-9(7-11-3-2-6-18-11)16-10-4-5-15-12(8-10)13(14)17/h2-6,8-9H,7H2,1H3,(H2,14,17)(H,15,16). The minimum atomic E-state index is 0.324.